The first kappa shape index (κ1) is 75.8. The number of halogens is 3. The molecule has 4 heterocycles. The van der Waals surface area contributed by atoms with Crippen molar-refractivity contribution < 1.29 is 82.8 Å². The molecule has 2 aliphatic carbocycles. The molecule has 0 bridgehead atoms. The van der Waals surface area contributed by atoms with Crippen molar-refractivity contribution in [1.82, 2.24) is 27.5 Å². The van der Waals surface area contributed by atoms with E-state index in [9.17, 15) is 54.3 Å². The third-order valence-corrected chi connectivity index (χ3v) is 20.1. The number of alkyl halides is 3. The Hall–Kier alpha value is -7.96. The van der Waals surface area contributed by atoms with Crippen molar-refractivity contribution in [2.45, 2.75) is 122 Å². The standard InChI is InChI=1S/C36H48N4O7S.C32H40N4O7S.C2HF3O/c1-36(2,3)47-35(42)25-12-14-30-31(22-25)40-23-27(34(41)38(4)16-18-46-19-17-39(5)48(37,43)44)20-26-21-28(45-6)13-15-29(26)33(40)32(30)24-10-8-7-9-11-24;1-34(13-15-43-16-14-35(2)44(33,40)41)31(37)24-17-23-18-25(42-3)10-12-26(23)30-29(21-7-5-4-6-8-21)27-11-9-22(32(38)39)19-28(27)36(30)20-24;3-2(4,5)1-6/h12-15,20-22,24H,7-11,16-19,23H2,1-6H3,(H2,37,43,44);9-12,17-19,21H,4-8,13-16,20H2,1-3H3,(H,38,39)(H2,33,40,41);1H. The topological polar surface area (TPSA) is 295 Å². The Morgan fingerprint density at radius 3 is 1.32 bits per heavy atom. The number of aromatic nitrogens is 2. The third kappa shape index (κ3) is 18.9. The number of ether oxygens (including phenoxy) is 5. The van der Waals surface area contributed by atoms with Crippen LogP contribution in [0.15, 0.2) is 83.9 Å². The van der Waals surface area contributed by atoms with Gasteiger partial charge in [0.25, 0.3) is 32.2 Å². The second kappa shape index (κ2) is 32.4. The number of carboxylic acid groups (broad SMARTS) is 1. The first-order valence-corrected chi connectivity index (χ1v) is 35.5. The fraction of sp³-hybridized carbons (Fsp3) is 0.471. The highest BCUT2D eigenvalue weighted by Crippen LogP contribution is 2.49. The molecule has 0 atom stereocenters. The van der Waals surface area contributed by atoms with Crippen LogP contribution >= 0.6 is 0 Å². The molecule has 2 aromatic heterocycles. The number of carbonyl (C=O) groups excluding carboxylic acids is 4. The number of esters is 1. The Bertz CT molecular complexity index is 4220. The summed E-state index contributed by atoms with van der Waals surface area (Å²) in [5, 5.41) is 22.2. The number of carbonyl (C=O) groups is 5. The Morgan fingerprint density at radius 2 is 0.959 bits per heavy atom. The number of carboxylic acids is 1. The zero-order chi connectivity index (χ0) is 71.6. The molecule has 98 heavy (non-hydrogen) atoms. The molecule has 2 saturated carbocycles. The summed E-state index contributed by atoms with van der Waals surface area (Å²) in [7, 11) is 1.86. The Kier molecular flexibility index (Phi) is 25.0. The summed E-state index contributed by atoms with van der Waals surface area (Å²) >= 11 is 0. The molecule has 4 aromatic carbocycles. The summed E-state index contributed by atoms with van der Waals surface area (Å²) in [5.41, 5.74) is 11.2. The van der Waals surface area contributed by atoms with E-state index in [1.54, 1.807) is 50.2 Å². The maximum absolute atomic E-state index is 14.1. The van der Waals surface area contributed by atoms with Crippen LogP contribution in [0.1, 0.15) is 140 Å². The number of methoxy groups -OCH3 is 2. The average Bonchev–Trinajstić information content (AvgIpc) is 1.58. The SMILES string of the molecule is COc1ccc2c(c1)C=C(C(=O)N(C)CCOCCN(C)S(N)(=O)=O)Cn1c-2c(C2CCCCC2)c2ccc(C(=O)O)cc21.COc1ccc2c(c1)C=C(C(=O)N(C)CCOCCN(C)S(N)(=O)=O)Cn1c-2c(C2CCCCC2)c2ccc(C(=O)OC(C)(C)C)cc21.O=CC(F)(F)F. The lowest BCUT2D eigenvalue weighted by Gasteiger charge is -2.24. The van der Waals surface area contributed by atoms with E-state index in [-0.39, 0.29) is 76.0 Å². The van der Waals surface area contributed by atoms with Crippen LogP contribution in [0.3, 0.4) is 0 Å². The van der Waals surface area contributed by atoms with Gasteiger partial charge in [-0.25, -0.2) is 19.9 Å². The van der Waals surface area contributed by atoms with Crippen LogP contribution < -0.4 is 19.8 Å². The summed E-state index contributed by atoms with van der Waals surface area (Å²) in [5.74, 6) is 0.318. The van der Waals surface area contributed by atoms with Crippen LogP contribution in [0, 0.1) is 0 Å². The Morgan fingerprint density at radius 1 is 0.582 bits per heavy atom. The van der Waals surface area contributed by atoms with Crippen LogP contribution in [-0.4, -0.2) is 186 Å². The Balaban J connectivity index is 0.000000231. The number of likely N-dealkylation sites (N-methyl/N-ethyl adjacent to an activating group) is 4. The number of benzene rings is 4. The van der Waals surface area contributed by atoms with Gasteiger partial charge in [0, 0.05) is 98.4 Å². The second-order valence-electron chi connectivity index (χ2n) is 26.0. The molecule has 4 aliphatic rings. The number of nitrogens with two attached hydrogens (primary N) is 2. The summed E-state index contributed by atoms with van der Waals surface area (Å²) in [6.45, 7) is 7.65. The number of aldehydes is 1. The van der Waals surface area contributed by atoms with Crippen LogP contribution in [-0.2, 0) is 62.1 Å². The number of hydrogen-bond donors (Lipinski definition) is 3. The third-order valence-electron chi connectivity index (χ3n) is 17.9. The van der Waals surface area contributed by atoms with Gasteiger partial charge in [-0.1, -0.05) is 50.7 Å². The van der Waals surface area contributed by atoms with Crippen LogP contribution in [0.2, 0.25) is 0 Å². The Labute approximate surface area is 570 Å². The van der Waals surface area contributed by atoms with E-state index in [2.05, 4.69) is 15.2 Å². The summed E-state index contributed by atoms with van der Waals surface area (Å²) in [6.07, 6.45) is 9.49. The van der Waals surface area contributed by atoms with Crippen molar-refractivity contribution in [1.29, 1.82) is 0 Å². The first-order chi connectivity index (χ1) is 46.2. The van der Waals surface area contributed by atoms with Gasteiger partial charge in [0.1, 0.15) is 17.1 Å². The maximum atomic E-state index is 14.1. The minimum absolute atomic E-state index is 0.103. The van der Waals surface area contributed by atoms with Gasteiger partial charge in [-0.15, -0.1) is 0 Å². The predicted octanol–water partition coefficient (Wildman–Crippen LogP) is 10.1. The highest BCUT2D eigenvalue weighted by atomic mass is 32.2. The summed E-state index contributed by atoms with van der Waals surface area (Å²) in [4.78, 5) is 65.1. The molecule has 0 unspecified atom stereocenters. The van der Waals surface area contributed by atoms with Gasteiger partial charge in [0.15, 0.2) is 0 Å². The predicted molar refractivity (Wildman–Crippen MR) is 368 cm³/mol. The normalized spacial score (nSPS) is 15.2. The van der Waals surface area contributed by atoms with Gasteiger partial charge in [-0.2, -0.15) is 38.6 Å². The van der Waals surface area contributed by atoms with Crippen LogP contribution in [0.25, 0.3) is 56.5 Å². The minimum Gasteiger partial charge on any atom is -0.497 e. The number of aromatic carboxylic acids is 1. The molecule has 6 aromatic rings. The van der Waals surface area contributed by atoms with Crippen molar-refractivity contribution >= 4 is 84.4 Å². The van der Waals surface area contributed by atoms with Crippen molar-refractivity contribution in [2.24, 2.45) is 10.3 Å². The molecule has 2 fully saturated rings. The zero-order valence-electron chi connectivity index (χ0n) is 56.9. The van der Waals surface area contributed by atoms with Gasteiger partial charge < -0.3 is 47.7 Å². The van der Waals surface area contributed by atoms with E-state index in [0.29, 0.717) is 53.1 Å². The highest BCUT2D eigenvalue weighted by Gasteiger charge is 2.34. The largest absolute Gasteiger partial charge is 0.497 e. The quantitative estimate of drug-likeness (QED) is 0.0323. The molecule has 2 amide bonds. The second-order valence-corrected chi connectivity index (χ2v) is 29.3. The van der Waals surface area contributed by atoms with Crippen molar-refractivity contribution in [3.63, 3.8) is 0 Å². The average molecular weight is 1400 g/mol. The molecular formula is C70H89F3N8O15S2. The van der Waals surface area contributed by atoms with E-state index < -0.39 is 44.5 Å². The zero-order valence-corrected chi connectivity index (χ0v) is 58.5. The maximum Gasteiger partial charge on any atom is 0.446 e. The molecule has 2 aliphatic heterocycles. The van der Waals surface area contributed by atoms with Crippen LogP contribution in [0.5, 0.6) is 11.5 Å². The molecule has 28 heteroatoms. The fourth-order valence-electron chi connectivity index (χ4n) is 12.9. The monoisotopic (exact) mass is 1400 g/mol. The van der Waals surface area contributed by atoms with Gasteiger partial charge in [0.05, 0.1) is 76.3 Å². The van der Waals surface area contributed by atoms with Crippen molar-refractivity contribution in [3.8, 4) is 34.0 Å². The smallest absolute Gasteiger partial charge is 0.446 e. The molecule has 5 N–H and O–H groups in total. The van der Waals surface area contributed by atoms with E-state index in [1.807, 2.05) is 87.5 Å². The lowest BCUT2D eigenvalue weighted by molar-refractivity contribution is -0.156. The molecule has 23 nitrogen and oxygen atoms in total. The summed E-state index contributed by atoms with van der Waals surface area (Å²) in [6, 6.07) is 23.0. The first-order valence-electron chi connectivity index (χ1n) is 32.5. The number of nitrogens with zero attached hydrogens (tertiary/aromatic N) is 6. The van der Waals surface area contributed by atoms with E-state index in [1.165, 1.54) is 38.1 Å². The van der Waals surface area contributed by atoms with Crippen molar-refractivity contribution in [3.05, 3.63) is 117 Å². The van der Waals surface area contributed by atoms with E-state index in [4.69, 9.17) is 38.8 Å². The van der Waals surface area contributed by atoms with Gasteiger partial charge in [0.2, 0.25) is 6.29 Å². The molecular weight excluding hydrogens is 1310 g/mol. The van der Waals surface area contributed by atoms with Crippen molar-refractivity contribution in [2.75, 3.05) is 95.0 Å². The number of hydrogen-bond acceptors (Lipinski definition) is 14. The van der Waals surface area contributed by atoms with E-state index in [0.717, 1.165) is 115 Å². The molecule has 532 valence electrons. The molecule has 0 saturated heterocycles. The number of amides is 2. The molecule has 10 rings (SSSR count). The highest BCUT2D eigenvalue weighted by molar-refractivity contribution is 7.87. The van der Waals surface area contributed by atoms with Crippen LogP contribution in [0.4, 0.5) is 13.2 Å². The summed E-state index contributed by atoms with van der Waals surface area (Å²) < 4.78 is 111. The minimum atomic E-state index is -4.64. The lowest BCUT2D eigenvalue weighted by atomic mass is 9.81. The molecule has 0 radical (unpaired) electrons. The van der Waals surface area contributed by atoms with Gasteiger partial charge in [-0.05, 0) is 153 Å². The fourth-order valence-corrected chi connectivity index (χ4v) is 13.5. The molecule has 0 spiro atoms. The number of fused-ring (bicyclic) bond motifs is 10. The van der Waals surface area contributed by atoms with Gasteiger partial charge >= 0.3 is 18.1 Å². The number of rotatable bonds is 22. The van der Waals surface area contributed by atoms with E-state index >= 15 is 0 Å². The lowest BCUT2D eigenvalue weighted by Crippen LogP contribution is -2.36. The van der Waals surface area contributed by atoms with Gasteiger partial charge in [-0.3, -0.25) is 14.4 Å².